The fourth-order valence-electron chi connectivity index (χ4n) is 1.89. The summed E-state index contributed by atoms with van der Waals surface area (Å²) in [6.07, 6.45) is -0.288. The van der Waals surface area contributed by atoms with Crippen LogP contribution in [-0.2, 0) is 6.42 Å². The van der Waals surface area contributed by atoms with E-state index in [9.17, 15) is 13.6 Å². The van der Waals surface area contributed by atoms with Crippen LogP contribution in [0.2, 0.25) is 5.02 Å². The maximum absolute atomic E-state index is 13.7. The molecule has 2 aromatic rings. The Hall–Kier alpha value is -1.94. The summed E-state index contributed by atoms with van der Waals surface area (Å²) in [6, 6.07) is 7.97. The Morgan fingerprint density at radius 2 is 1.95 bits per heavy atom. The standard InChI is InChI=1S/C15H11ClF2O2/c1-20-14-4-2-3-12(18)15(14)13(19)8-9-7-10(16)5-6-11(9)17/h2-7H,8H2,1H3. The van der Waals surface area contributed by atoms with E-state index in [4.69, 9.17) is 16.3 Å². The molecule has 0 bridgehead atoms. The highest BCUT2D eigenvalue weighted by Gasteiger charge is 2.19. The highest BCUT2D eigenvalue weighted by Crippen LogP contribution is 2.24. The maximum atomic E-state index is 13.7. The fourth-order valence-corrected chi connectivity index (χ4v) is 2.08. The predicted molar refractivity (Wildman–Crippen MR) is 72.4 cm³/mol. The molecule has 2 nitrogen and oxygen atoms in total. The topological polar surface area (TPSA) is 26.3 Å². The zero-order chi connectivity index (χ0) is 14.7. The number of methoxy groups -OCH3 is 1. The molecule has 104 valence electrons. The zero-order valence-corrected chi connectivity index (χ0v) is 11.4. The molecule has 0 aliphatic rings. The summed E-state index contributed by atoms with van der Waals surface area (Å²) >= 11 is 5.76. The van der Waals surface area contributed by atoms with Crippen LogP contribution in [0.25, 0.3) is 0 Å². The van der Waals surface area contributed by atoms with Gasteiger partial charge in [0.2, 0.25) is 0 Å². The molecule has 2 rings (SSSR count). The van der Waals surface area contributed by atoms with E-state index in [2.05, 4.69) is 0 Å². The molecule has 0 aliphatic carbocycles. The average Bonchev–Trinajstić information content (AvgIpc) is 2.42. The maximum Gasteiger partial charge on any atom is 0.174 e. The quantitative estimate of drug-likeness (QED) is 0.796. The molecule has 0 spiro atoms. The number of carbonyl (C=O) groups excluding carboxylic acids is 1. The van der Waals surface area contributed by atoms with Gasteiger partial charge in [0.25, 0.3) is 0 Å². The molecular formula is C15H11ClF2O2. The van der Waals surface area contributed by atoms with E-state index in [0.29, 0.717) is 5.02 Å². The van der Waals surface area contributed by atoms with Crippen LogP contribution < -0.4 is 4.74 Å². The van der Waals surface area contributed by atoms with E-state index in [1.807, 2.05) is 0 Å². The van der Waals surface area contributed by atoms with Gasteiger partial charge in [-0.3, -0.25) is 4.79 Å². The molecule has 0 unspecified atom stereocenters. The van der Waals surface area contributed by atoms with E-state index in [1.54, 1.807) is 0 Å². The molecule has 0 aliphatic heterocycles. The smallest absolute Gasteiger partial charge is 0.174 e. The number of ether oxygens (including phenoxy) is 1. The summed E-state index contributed by atoms with van der Waals surface area (Å²) in [6.45, 7) is 0. The van der Waals surface area contributed by atoms with Gasteiger partial charge in [-0.15, -0.1) is 0 Å². The van der Waals surface area contributed by atoms with Gasteiger partial charge < -0.3 is 4.74 Å². The molecule has 0 atom stereocenters. The molecule has 0 heterocycles. The van der Waals surface area contributed by atoms with Crippen LogP contribution in [0.5, 0.6) is 5.75 Å². The summed E-state index contributed by atoms with van der Waals surface area (Å²) in [5.74, 6) is -1.70. The van der Waals surface area contributed by atoms with Gasteiger partial charge in [-0.05, 0) is 35.9 Å². The first-order chi connectivity index (χ1) is 9.52. The minimum Gasteiger partial charge on any atom is -0.496 e. The number of Topliss-reactive ketones (excluding diaryl/α,β-unsaturated/α-hetero) is 1. The van der Waals surface area contributed by atoms with Crippen LogP contribution in [-0.4, -0.2) is 12.9 Å². The Morgan fingerprint density at radius 1 is 1.20 bits per heavy atom. The Labute approximate surface area is 119 Å². The lowest BCUT2D eigenvalue weighted by molar-refractivity contribution is 0.0985. The van der Waals surface area contributed by atoms with Gasteiger partial charge in [-0.1, -0.05) is 17.7 Å². The molecule has 0 saturated heterocycles. The van der Waals surface area contributed by atoms with Gasteiger partial charge in [0.15, 0.2) is 5.78 Å². The van der Waals surface area contributed by atoms with Crippen molar-refractivity contribution in [2.24, 2.45) is 0 Å². The van der Waals surface area contributed by atoms with Crippen molar-refractivity contribution in [1.82, 2.24) is 0 Å². The number of ketones is 1. The lowest BCUT2D eigenvalue weighted by Crippen LogP contribution is -2.09. The minimum absolute atomic E-state index is 0.118. The molecule has 0 fully saturated rings. The van der Waals surface area contributed by atoms with Gasteiger partial charge in [0, 0.05) is 11.4 Å². The average molecular weight is 297 g/mol. The van der Waals surface area contributed by atoms with E-state index in [-0.39, 0.29) is 23.3 Å². The Morgan fingerprint density at radius 3 is 2.65 bits per heavy atom. The van der Waals surface area contributed by atoms with Gasteiger partial charge in [0.05, 0.1) is 12.7 Å². The molecule has 2 aromatic carbocycles. The summed E-state index contributed by atoms with van der Waals surface area (Å²) in [5, 5.41) is 0.315. The Bertz CT molecular complexity index is 656. The molecule has 0 saturated carbocycles. The van der Waals surface area contributed by atoms with Gasteiger partial charge in [-0.2, -0.15) is 0 Å². The first-order valence-corrected chi connectivity index (χ1v) is 6.20. The highest BCUT2D eigenvalue weighted by atomic mass is 35.5. The number of hydrogen-bond acceptors (Lipinski definition) is 2. The monoisotopic (exact) mass is 296 g/mol. The fraction of sp³-hybridized carbons (Fsp3) is 0.133. The van der Waals surface area contributed by atoms with Crippen LogP contribution in [0, 0.1) is 11.6 Å². The van der Waals surface area contributed by atoms with Crippen LogP contribution in [0.1, 0.15) is 15.9 Å². The van der Waals surface area contributed by atoms with Crippen molar-refractivity contribution < 1.29 is 18.3 Å². The van der Waals surface area contributed by atoms with Crippen LogP contribution in [0.3, 0.4) is 0 Å². The second-order valence-corrected chi connectivity index (χ2v) is 4.59. The van der Waals surface area contributed by atoms with Crippen LogP contribution in [0.4, 0.5) is 8.78 Å². The summed E-state index contributed by atoms with van der Waals surface area (Å²) in [7, 11) is 1.34. The SMILES string of the molecule is COc1cccc(F)c1C(=O)Cc1cc(Cl)ccc1F. The normalized spacial score (nSPS) is 10.4. The lowest BCUT2D eigenvalue weighted by Gasteiger charge is -2.09. The van der Waals surface area contributed by atoms with E-state index < -0.39 is 17.4 Å². The van der Waals surface area contributed by atoms with E-state index in [1.165, 1.54) is 37.4 Å². The van der Waals surface area contributed by atoms with Gasteiger partial charge >= 0.3 is 0 Å². The van der Waals surface area contributed by atoms with E-state index in [0.717, 1.165) is 6.07 Å². The summed E-state index contributed by atoms with van der Waals surface area (Å²) < 4.78 is 32.3. The third-order valence-electron chi connectivity index (χ3n) is 2.83. The largest absolute Gasteiger partial charge is 0.496 e. The number of benzene rings is 2. The first-order valence-electron chi connectivity index (χ1n) is 5.82. The number of halogens is 3. The van der Waals surface area contributed by atoms with E-state index >= 15 is 0 Å². The molecule has 0 radical (unpaired) electrons. The summed E-state index contributed by atoms with van der Waals surface area (Å²) in [5.41, 5.74) is -0.0674. The molecular weight excluding hydrogens is 286 g/mol. The second kappa shape index (κ2) is 6.01. The molecule has 0 amide bonds. The molecule has 5 heteroatoms. The van der Waals surface area contributed by atoms with Crippen molar-refractivity contribution in [1.29, 1.82) is 0 Å². The molecule has 20 heavy (non-hydrogen) atoms. The first kappa shape index (κ1) is 14.5. The minimum atomic E-state index is -0.697. The van der Waals surface area contributed by atoms with Crippen LogP contribution >= 0.6 is 11.6 Å². The van der Waals surface area contributed by atoms with Crippen LogP contribution in [0.15, 0.2) is 36.4 Å². The van der Waals surface area contributed by atoms with Crippen molar-refractivity contribution in [3.63, 3.8) is 0 Å². The van der Waals surface area contributed by atoms with Gasteiger partial charge in [0.1, 0.15) is 17.4 Å². The van der Waals surface area contributed by atoms with Crippen molar-refractivity contribution in [2.75, 3.05) is 7.11 Å². The highest BCUT2D eigenvalue weighted by molar-refractivity contribution is 6.30. The Kier molecular flexibility index (Phi) is 4.35. The third-order valence-corrected chi connectivity index (χ3v) is 3.07. The second-order valence-electron chi connectivity index (χ2n) is 4.15. The number of carbonyl (C=O) groups is 1. The number of rotatable bonds is 4. The molecule has 0 aromatic heterocycles. The van der Waals surface area contributed by atoms with Crippen molar-refractivity contribution in [2.45, 2.75) is 6.42 Å². The third kappa shape index (κ3) is 2.96. The predicted octanol–water partition coefficient (Wildman–Crippen LogP) is 4.05. The zero-order valence-electron chi connectivity index (χ0n) is 10.6. The van der Waals surface area contributed by atoms with Gasteiger partial charge in [-0.25, -0.2) is 8.78 Å². The van der Waals surface area contributed by atoms with Crippen molar-refractivity contribution >= 4 is 17.4 Å². The van der Waals surface area contributed by atoms with Crippen molar-refractivity contribution in [3.05, 3.63) is 64.2 Å². The lowest BCUT2D eigenvalue weighted by atomic mass is 10.0. The van der Waals surface area contributed by atoms with Crippen molar-refractivity contribution in [3.8, 4) is 5.75 Å². The number of hydrogen-bond donors (Lipinski definition) is 0. The Balaban J connectivity index is 2.36. The summed E-state index contributed by atoms with van der Waals surface area (Å²) in [4.78, 5) is 12.1. The molecule has 0 N–H and O–H groups in total.